The van der Waals surface area contributed by atoms with Crippen LogP contribution in [-0.2, 0) is 6.42 Å². The van der Waals surface area contributed by atoms with Crippen molar-refractivity contribution in [3.63, 3.8) is 0 Å². The van der Waals surface area contributed by atoms with E-state index in [1.165, 1.54) is 11.3 Å². The lowest BCUT2D eigenvalue weighted by atomic mass is 10.3. The number of anilines is 2. The van der Waals surface area contributed by atoms with E-state index < -0.39 is 0 Å². The molecule has 0 saturated heterocycles. The van der Waals surface area contributed by atoms with Crippen LogP contribution < -0.4 is 16.4 Å². The summed E-state index contributed by atoms with van der Waals surface area (Å²) < 4.78 is 0. The van der Waals surface area contributed by atoms with Crippen LogP contribution in [0.5, 0.6) is 0 Å². The van der Waals surface area contributed by atoms with E-state index in [4.69, 9.17) is 5.73 Å². The molecule has 8 heteroatoms. The lowest BCUT2D eigenvalue weighted by Crippen LogP contribution is -2.30. The van der Waals surface area contributed by atoms with Crippen molar-refractivity contribution in [1.82, 2.24) is 15.5 Å². The quantitative estimate of drug-likeness (QED) is 0.675. The van der Waals surface area contributed by atoms with Gasteiger partial charge in [-0.1, -0.05) is 30.4 Å². The highest BCUT2D eigenvalue weighted by Gasteiger charge is 2.07. The molecule has 0 unspecified atom stereocenters. The maximum absolute atomic E-state index is 11.9. The Labute approximate surface area is 137 Å². The van der Waals surface area contributed by atoms with Gasteiger partial charge in [0, 0.05) is 17.9 Å². The number of nitrogens with zero attached hydrogens (tertiary/aromatic N) is 2. The fourth-order valence-electron chi connectivity index (χ4n) is 1.72. The number of aromatic nitrogens is 2. The first-order valence-electron chi connectivity index (χ1n) is 7.03. The maximum atomic E-state index is 11.9. The Kier molecular flexibility index (Phi) is 6.47. The third-order valence-corrected chi connectivity index (χ3v) is 4.80. The van der Waals surface area contributed by atoms with Crippen molar-refractivity contribution < 1.29 is 4.79 Å². The van der Waals surface area contributed by atoms with Crippen molar-refractivity contribution in [2.24, 2.45) is 0 Å². The van der Waals surface area contributed by atoms with E-state index in [1.54, 1.807) is 11.8 Å². The zero-order chi connectivity index (χ0) is 15.8. The Hall–Kier alpha value is -1.80. The third-order valence-electron chi connectivity index (χ3n) is 2.70. The molecule has 0 atom stereocenters. The number of hydrogen-bond donors (Lipinski definition) is 3. The Balaban J connectivity index is 1.81. The molecule has 0 radical (unpaired) electrons. The van der Waals surface area contributed by atoms with Gasteiger partial charge < -0.3 is 16.4 Å². The molecule has 22 heavy (non-hydrogen) atoms. The summed E-state index contributed by atoms with van der Waals surface area (Å²) >= 11 is 3.07. The first-order valence-corrected chi connectivity index (χ1v) is 8.83. The predicted molar refractivity (Wildman–Crippen MR) is 92.5 cm³/mol. The van der Waals surface area contributed by atoms with E-state index in [0.29, 0.717) is 18.1 Å². The van der Waals surface area contributed by atoms with Gasteiger partial charge in [-0.25, -0.2) is 4.79 Å². The van der Waals surface area contributed by atoms with Crippen molar-refractivity contribution in [1.29, 1.82) is 0 Å². The second kappa shape index (κ2) is 8.60. The molecule has 1 aromatic heterocycles. The van der Waals surface area contributed by atoms with Gasteiger partial charge in [0.05, 0.1) is 5.69 Å². The fourth-order valence-corrected chi connectivity index (χ4v) is 3.21. The average molecular weight is 337 g/mol. The Morgan fingerprint density at radius 1 is 1.36 bits per heavy atom. The summed E-state index contributed by atoms with van der Waals surface area (Å²) in [6.45, 7) is 2.63. The zero-order valence-corrected chi connectivity index (χ0v) is 14.0. The van der Waals surface area contributed by atoms with Crippen LogP contribution in [0.25, 0.3) is 0 Å². The van der Waals surface area contributed by atoms with Gasteiger partial charge in [0.25, 0.3) is 0 Å². The largest absolute Gasteiger partial charge is 0.374 e. The summed E-state index contributed by atoms with van der Waals surface area (Å²) in [6.07, 6.45) is 1.71. The van der Waals surface area contributed by atoms with E-state index in [2.05, 4.69) is 27.8 Å². The minimum absolute atomic E-state index is 0.220. The van der Waals surface area contributed by atoms with Crippen LogP contribution in [0, 0.1) is 0 Å². The van der Waals surface area contributed by atoms with Crippen LogP contribution in [0.15, 0.2) is 29.2 Å². The molecule has 2 amide bonds. The first-order chi connectivity index (χ1) is 10.7. The highest BCUT2D eigenvalue weighted by atomic mass is 32.2. The third kappa shape index (κ3) is 5.19. The molecule has 118 valence electrons. The Morgan fingerprint density at radius 3 is 2.91 bits per heavy atom. The van der Waals surface area contributed by atoms with Crippen molar-refractivity contribution in [3.8, 4) is 0 Å². The van der Waals surface area contributed by atoms with E-state index in [0.717, 1.165) is 27.8 Å². The monoisotopic (exact) mass is 337 g/mol. The number of amides is 2. The number of carbonyl (C=O) groups excluding carboxylic acids is 1. The van der Waals surface area contributed by atoms with E-state index in [9.17, 15) is 4.79 Å². The Bertz CT molecular complexity index is 617. The fraction of sp³-hybridized carbons (Fsp3) is 0.357. The van der Waals surface area contributed by atoms with Crippen molar-refractivity contribution >= 4 is 39.9 Å². The van der Waals surface area contributed by atoms with Gasteiger partial charge in [-0.2, -0.15) is 0 Å². The number of para-hydroxylation sites is 1. The molecule has 1 aromatic carbocycles. The standard InChI is InChI=1S/C14H19N5OS2/c1-2-9-21-11-6-4-3-5-10(11)17-14(20)16-8-7-12-18-19-13(15)22-12/h3-6H,2,7-9H2,1H3,(H2,15,19)(H2,16,17,20). The van der Waals surface area contributed by atoms with Gasteiger partial charge in [-0.15, -0.1) is 22.0 Å². The van der Waals surface area contributed by atoms with Crippen molar-refractivity contribution in [2.75, 3.05) is 23.3 Å². The number of nitrogen functional groups attached to an aromatic ring is 1. The second-order valence-corrected chi connectivity index (χ2v) is 6.74. The lowest BCUT2D eigenvalue weighted by Gasteiger charge is -2.11. The molecule has 0 aliphatic rings. The molecular formula is C14H19N5OS2. The molecule has 0 saturated carbocycles. The minimum Gasteiger partial charge on any atom is -0.374 e. The average Bonchev–Trinajstić information content (AvgIpc) is 2.92. The predicted octanol–water partition coefficient (Wildman–Crippen LogP) is 2.99. The van der Waals surface area contributed by atoms with E-state index >= 15 is 0 Å². The maximum Gasteiger partial charge on any atom is 0.319 e. The summed E-state index contributed by atoms with van der Waals surface area (Å²) in [5.74, 6) is 1.03. The molecule has 0 spiro atoms. The molecule has 0 fully saturated rings. The molecule has 6 nitrogen and oxygen atoms in total. The van der Waals surface area contributed by atoms with Gasteiger partial charge in [-0.05, 0) is 24.3 Å². The highest BCUT2D eigenvalue weighted by Crippen LogP contribution is 2.27. The minimum atomic E-state index is -0.220. The molecular weight excluding hydrogens is 318 g/mol. The highest BCUT2D eigenvalue weighted by molar-refractivity contribution is 7.99. The Morgan fingerprint density at radius 2 is 2.18 bits per heavy atom. The van der Waals surface area contributed by atoms with Crippen LogP contribution in [0.2, 0.25) is 0 Å². The first kappa shape index (κ1) is 16.6. The van der Waals surface area contributed by atoms with Crippen LogP contribution in [0.4, 0.5) is 15.6 Å². The van der Waals surface area contributed by atoms with Gasteiger partial charge in [0.2, 0.25) is 5.13 Å². The molecule has 0 bridgehead atoms. The lowest BCUT2D eigenvalue weighted by molar-refractivity contribution is 0.252. The molecule has 4 N–H and O–H groups in total. The SMILES string of the molecule is CCCSc1ccccc1NC(=O)NCCc1nnc(N)s1. The zero-order valence-electron chi connectivity index (χ0n) is 12.3. The van der Waals surface area contributed by atoms with Gasteiger partial charge in [-0.3, -0.25) is 0 Å². The van der Waals surface area contributed by atoms with Crippen molar-refractivity contribution in [3.05, 3.63) is 29.3 Å². The normalized spacial score (nSPS) is 10.4. The van der Waals surface area contributed by atoms with Crippen LogP contribution >= 0.6 is 23.1 Å². The van der Waals surface area contributed by atoms with Crippen molar-refractivity contribution in [2.45, 2.75) is 24.7 Å². The number of thioether (sulfide) groups is 1. The van der Waals surface area contributed by atoms with Gasteiger partial charge in [0.1, 0.15) is 5.01 Å². The summed E-state index contributed by atoms with van der Waals surface area (Å²) in [5, 5.41) is 14.6. The number of hydrogen-bond acceptors (Lipinski definition) is 6. The number of urea groups is 1. The molecule has 2 rings (SSSR count). The summed E-state index contributed by atoms with van der Waals surface area (Å²) in [7, 11) is 0. The molecule has 1 heterocycles. The summed E-state index contributed by atoms with van der Waals surface area (Å²) in [6, 6.07) is 7.58. The van der Waals surface area contributed by atoms with E-state index in [-0.39, 0.29) is 6.03 Å². The summed E-state index contributed by atoms with van der Waals surface area (Å²) in [5.41, 5.74) is 6.34. The smallest absolute Gasteiger partial charge is 0.319 e. The van der Waals surface area contributed by atoms with Gasteiger partial charge >= 0.3 is 6.03 Å². The number of nitrogens with two attached hydrogens (primary N) is 1. The number of rotatable bonds is 7. The van der Waals surface area contributed by atoms with Crippen LogP contribution in [-0.4, -0.2) is 28.5 Å². The second-order valence-electron chi connectivity index (χ2n) is 4.51. The van der Waals surface area contributed by atoms with Gasteiger partial charge in [0.15, 0.2) is 0 Å². The molecule has 0 aliphatic carbocycles. The van der Waals surface area contributed by atoms with Crippen LogP contribution in [0.3, 0.4) is 0 Å². The number of benzene rings is 1. The van der Waals surface area contributed by atoms with Crippen LogP contribution in [0.1, 0.15) is 18.4 Å². The molecule has 2 aromatic rings. The van der Waals surface area contributed by atoms with E-state index in [1.807, 2.05) is 24.3 Å². The molecule has 0 aliphatic heterocycles. The topological polar surface area (TPSA) is 92.9 Å². The summed E-state index contributed by atoms with van der Waals surface area (Å²) in [4.78, 5) is 13.0. The number of carbonyl (C=O) groups is 1. The number of nitrogens with one attached hydrogen (secondary N) is 2.